The van der Waals surface area contributed by atoms with Gasteiger partial charge in [-0.2, -0.15) is 0 Å². The summed E-state index contributed by atoms with van der Waals surface area (Å²) in [5.74, 6) is -0.384. The van der Waals surface area contributed by atoms with E-state index in [1.807, 2.05) is 38.1 Å². The fraction of sp³-hybridized carbons (Fsp3) is 0.464. The number of carboxylic acids is 1. The van der Waals surface area contributed by atoms with Gasteiger partial charge in [0.1, 0.15) is 5.75 Å². The summed E-state index contributed by atoms with van der Waals surface area (Å²) in [4.78, 5) is 38.2. The lowest BCUT2D eigenvalue weighted by atomic mass is 9.99. The van der Waals surface area contributed by atoms with E-state index < -0.39 is 18.1 Å². The molecule has 1 saturated heterocycles. The van der Waals surface area contributed by atoms with Crippen LogP contribution in [-0.2, 0) is 9.53 Å². The van der Waals surface area contributed by atoms with Crippen molar-refractivity contribution in [3.8, 4) is 5.75 Å². The average Bonchev–Trinajstić information content (AvgIpc) is 2.87. The molecule has 0 aliphatic carbocycles. The number of ether oxygens (including phenoxy) is 2. The van der Waals surface area contributed by atoms with Gasteiger partial charge in [-0.3, -0.25) is 10.1 Å². The number of carbonyl (C=O) groups is 3. The molecule has 1 unspecified atom stereocenters. The average molecular weight is 527 g/mol. The number of aliphatic carboxylic acids is 1. The van der Waals surface area contributed by atoms with E-state index in [2.05, 4.69) is 20.9 Å². The number of anilines is 3. The first-order chi connectivity index (χ1) is 18.3. The van der Waals surface area contributed by atoms with E-state index in [0.29, 0.717) is 35.7 Å². The van der Waals surface area contributed by atoms with Crippen LogP contribution in [-0.4, -0.2) is 60.9 Å². The van der Waals surface area contributed by atoms with Gasteiger partial charge in [-0.05, 0) is 75.9 Å². The minimum absolute atomic E-state index is 0.163. The number of carboxylic acid groups (broad SMARTS) is 1. The van der Waals surface area contributed by atoms with E-state index >= 15 is 0 Å². The maximum Gasteiger partial charge on any atom is 0.411 e. The van der Waals surface area contributed by atoms with Crippen LogP contribution >= 0.6 is 0 Å². The Morgan fingerprint density at radius 3 is 2.50 bits per heavy atom. The van der Waals surface area contributed by atoms with Gasteiger partial charge in [0, 0.05) is 24.2 Å². The van der Waals surface area contributed by atoms with E-state index in [0.717, 1.165) is 43.5 Å². The summed E-state index contributed by atoms with van der Waals surface area (Å²) in [5, 5.41) is 17.3. The van der Waals surface area contributed by atoms with Crippen molar-refractivity contribution in [1.29, 1.82) is 0 Å². The van der Waals surface area contributed by atoms with Crippen molar-refractivity contribution in [2.24, 2.45) is 0 Å². The maximum absolute atomic E-state index is 12.5. The molecule has 3 amide bonds. The molecule has 1 aliphatic rings. The normalized spacial score (nSPS) is 15.4. The first-order valence-electron chi connectivity index (χ1n) is 13.0. The van der Waals surface area contributed by atoms with Crippen LogP contribution in [0.25, 0.3) is 0 Å². The third kappa shape index (κ3) is 8.65. The van der Waals surface area contributed by atoms with Gasteiger partial charge in [-0.1, -0.05) is 24.6 Å². The van der Waals surface area contributed by atoms with Crippen LogP contribution in [0.1, 0.15) is 49.7 Å². The summed E-state index contributed by atoms with van der Waals surface area (Å²) in [6.07, 6.45) is 4.14. The zero-order valence-electron chi connectivity index (χ0n) is 22.3. The number of likely N-dealkylation sites (tertiary alicyclic amines) is 1. The van der Waals surface area contributed by atoms with E-state index in [1.165, 1.54) is 7.11 Å². The molecule has 1 fully saturated rings. The van der Waals surface area contributed by atoms with Crippen molar-refractivity contribution in [3.05, 3.63) is 47.5 Å². The number of rotatable bonds is 11. The van der Waals surface area contributed by atoms with Crippen LogP contribution in [0.15, 0.2) is 36.4 Å². The molecule has 1 aliphatic heterocycles. The number of urea groups is 1. The lowest BCUT2D eigenvalue weighted by Gasteiger charge is -2.35. The monoisotopic (exact) mass is 526 g/mol. The van der Waals surface area contributed by atoms with Crippen LogP contribution in [0.4, 0.5) is 26.7 Å². The van der Waals surface area contributed by atoms with Crippen molar-refractivity contribution < 1.29 is 29.0 Å². The van der Waals surface area contributed by atoms with Crippen LogP contribution in [0, 0.1) is 13.8 Å². The predicted molar refractivity (Wildman–Crippen MR) is 147 cm³/mol. The van der Waals surface area contributed by atoms with Crippen LogP contribution in [0.2, 0.25) is 0 Å². The summed E-state index contributed by atoms with van der Waals surface area (Å²) >= 11 is 0. The molecule has 1 heterocycles. The molecule has 3 rings (SSSR count). The summed E-state index contributed by atoms with van der Waals surface area (Å²) < 4.78 is 10.9. The number of hydrogen-bond acceptors (Lipinski definition) is 6. The number of hydrogen-bond donors (Lipinski definition) is 4. The second kappa shape index (κ2) is 14.2. The van der Waals surface area contributed by atoms with Gasteiger partial charge in [0.05, 0.1) is 25.1 Å². The van der Waals surface area contributed by atoms with Crippen molar-refractivity contribution in [1.82, 2.24) is 4.90 Å². The third-order valence-corrected chi connectivity index (χ3v) is 6.69. The molecule has 2 aromatic carbocycles. The number of piperidine rings is 1. The number of carbonyl (C=O) groups excluding carboxylic acids is 2. The molecular formula is C28H38N4O6. The Morgan fingerprint density at radius 2 is 1.76 bits per heavy atom. The van der Waals surface area contributed by atoms with Gasteiger partial charge in [0.25, 0.3) is 0 Å². The number of nitrogens with zero attached hydrogens (tertiary/aromatic N) is 1. The molecule has 0 radical (unpaired) electrons. The Labute approximate surface area is 223 Å². The quantitative estimate of drug-likeness (QED) is 0.299. The summed E-state index contributed by atoms with van der Waals surface area (Å²) in [6.45, 7) is 5.68. The van der Waals surface area contributed by atoms with E-state index in [-0.39, 0.29) is 19.1 Å². The zero-order chi connectivity index (χ0) is 27.5. The number of aryl methyl sites for hydroxylation is 2. The third-order valence-electron chi connectivity index (χ3n) is 6.69. The Morgan fingerprint density at radius 1 is 1.00 bits per heavy atom. The van der Waals surface area contributed by atoms with Gasteiger partial charge in [0.2, 0.25) is 0 Å². The second-order valence-electron chi connectivity index (χ2n) is 9.49. The molecule has 10 heteroatoms. The molecular weight excluding hydrogens is 488 g/mol. The predicted octanol–water partition coefficient (Wildman–Crippen LogP) is 5.61. The highest BCUT2D eigenvalue weighted by molar-refractivity contribution is 6.01. The number of amides is 3. The highest BCUT2D eigenvalue weighted by atomic mass is 16.5. The fourth-order valence-corrected chi connectivity index (χ4v) is 4.63. The van der Waals surface area contributed by atoms with E-state index in [9.17, 15) is 14.4 Å². The van der Waals surface area contributed by atoms with Gasteiger partial charge >= 0.3 is 18.1 Å². The smallest absolute Gasteiger partial charge is 0.411 e. The number of nitrogens with one attached hydrogen (secondary N) is 3. The highest BCUT2D eigenvalue weighted by Gasteiger charge is 2.22. The molecule has 10 nitrogen and oxygen atoms in total. The van der Waals surface area contributed by atoms with Gasteiger partial charge in [-0.25, -0.2) is 9.59 Å². The Kier molecular flexibility index (Phi) is 10.8. The molecule has 206 valence electrons. The number of methoxy groups -OCH3 is 1. The van der Waals surface area contributed by atoms with Crippen molar-refractivity contribution in [2.45, 2.75) is 58.4 Å². The maximum atomic E-state index is 12.5. The second-order valence-corrected chi connectivity index (χ2v) is 9.49. The minimum Gasteiger partial charge on any atom is -0.494 e. The van der Waals surface area contributed by atoms with Crippen molar-refractivity contribution in [2.75, 3.05) is 42.8 Å². The Balaban J connectivity index is 1.52. The van der Waals surface area contributed by atoms with Crippen molar-refractivity contribution in [3.63, 3.8) is 0 Å². The van der Waals surface area contributed by atoms with Gasteiger partial charge in [-0.15, -0.1) is 0 Å². The highest BCUT2D eigenvalue weighted by Crippen LogP contribution is 2.31. The standard InChI is InChI=1S/C28H38N4O6/c1-19-9-4-5-11-22(19)29-27(35)30-24-17-20(2)23(18-25(24)37-3)31-28(36)38-16-13-21-10-6-7-14-32(21)15-8-12-26(33)34/h4-5,9,11,17-18,21H,6-8,10,12-16H2,1-3H3,(H,31,36)(H,33,34)(H2,29,30,35). The first kappa shape index (κ1) is 28.8. The molecule has 0 bridgehead atoms. The van der Waals surface area contributed by atoms with E-state index in [1.54, 1.807) is 12.1 Å². The molecule has 0 aromatic heterocycles. The summed E-state index contributed by atoms with van der Waals surface area (Å²) in [7, 11) is 1.49. The summed E-state index contributed by atoms with van der Waals surface area (Å²) in [6, 6.07) is 10.7. The molecule has 2 aromatic rings. The zero-order valence-corrected chi connectivity index (χ0v) is 22.3. The summed E-state index contributed by atoms with van der Waals surface area (Å²) in [5.41, 5.74) is 3.36. The Hall–Kier alpha value is -3.79. The lowest BCUT2D eigenvalue weighted by molar-refractivity contribution is -0.137. The molecule has 0 saturated carbocycles. The van der Waals surface area contributed by atoms with Gasteiger partial charge in [0.15, 0.2) is 0 Å². The SMILES string of the molecule is COc1cc(NC(=O)OCCC2CCCCN2CCCC(=O)O)c(C)cc1NC(=O)Nc1ccccc1C. The van der Waals surface area contributed by atoms with Gasteiger partial charge < -0.3 is 30.1 Å². The fourth-order valence-electron chi connectivity index (χ4n) is 4.63. The topological polar surface area (TPSA) is 129 Å². The lowest BCUT2D eigenvalue weighted by Crippen LogP contribution is -2.41. The molecule has 0 spiro atoms. The van der Waals surface area contributed by atoms with Crippen LogP contribution in [0.3, 0.4) is 0 Å². The largest absolute Gasteiger partial charge is 0.494 e. The number of benzene rings is 2. The van der Waals surface area contributed by atoms with Crippen LogP contribution in [0.5, 0.6) is 5.75 Å². The Bertz CT molecular complexity index is 1120. The molecule has 4 N–H and O–H groups in total. The van der Waals surface area contributed by atoms with E-state index in [4.69, 9.17) is 14.6 Å². The van der Waals surface area contributed by atoms with Crippen molar-refractivity contribution >= 4 is 35.2 Å². The van der Waals surface area contributed by atoms with Crippen LogP contribution < -0.4 is 20.7 Å². The minimum atomic E-state index is -0.778. The molecule has 1 atom stereocenters. The first-order valence-corrected chi connectivity index (χ1v) is 13.0. The molecule has 38 heavy (non-hydrogen) atoms. The number of para-hydroxylation sites is 1.